The smallest absolute Gasteiger partial charge is 0.302 e. The SMILES string of the molecule is CC(=O)O[C@H]1CC[C@]2(C)[C@H]3CC[C@]4(C)[C@H]([C@H](C)CCC=C(C)C)CC[C@@]4(C)C3=CC[C@H]2C1(C)C. The molecule has 192 valence electrons. The third-order valence-corrected chi connectivity index (χ3v) is 12.0. The maximum absolute atomic E-state index is 11.8. The summed E-state index contributed by atoms with van der Waals surface area (Å²) in [4.78, 5) is 11.8. The summed E-state index contributed by atoms with van der Waals surface area (Å²) in [5.41, 5.74) is 4.39. The van der Waals surface area contributed by atoms with Crippen molar-refractivity contribution in [2.45, 2.75) is 126 Å². The molecule has 3 saturated carbocycles. The second-order valence-electron chi connectivity index (χ2n) is 14.2. The quantitative estimate of drug-likeness (QED) is 0.297. The minimum atomic E-state index is -0.120. The molecule has 2 heteroatoms. The molecule has 4 rings (SSSR count). The molecule has 0 saturated heterocycles. The Morgan fingerprint density at radius 1 is 1.06 bits per heavy atom. The molecule has 3 fully saturated rings. The Kier molecular flexibility index (Phi) is 6.74. The number of allylic oxidation sites excluding steroid dienone is 4. The summed E-state index contributed by atoms with van der Waals surface area (Å²) in [5.74, 6) is 2.79. The van der Waals surface area contributed by atoms with Crippen LogP contribution < -0.4 is 0 Å². The zero-order chi connectivity index (χ0) is 25.1. The van der Waals surface area contributed by atoms with Gasteiger partial charge in [0.15, 0.2) is 0 Å². The molecule has 4 aliphatic rings. The van der Waals surface area contributed by atoms with Crippen molar-refractivity contribution in [2.24, 2.45) is 45.3 Å². The van der Waals surface area contributed by atoms with E-state index in [1.165, 1.54) is 50.5 Å². The largest absolute Gasteiger partial charge is 0.462 e. The number of rotatable bonds is 5. The number of hydrogen-bond donors (Lipinski definition) is 0. The van der Waals surface area contributed by atoms with Gasteiger partial charge in [0.2, 0.25) is 0 Å². The Morgan fingerprint density at radius 2 is 1.76 bits per heavy atom. The second kappa shape index (κ2) is 8.81. The zero-order valence-electron chi connectivity index (χ0n) is 23.7. The Labute approximate surface area is 210 Å². The fraction of sp³-hybridized carbons (Fsp3) is 0.844. The van der Waals surface area contributed by atoms with E-state index in [4.69, 9.17) is 4.74 Å². The van der Waals surface area contributed by atoms with Crippen LogP contribution in [0.3, 0.4) is 0 Å². The number of ether oxygens (including phenoxy) is 1. The summed E-state index contributed by atoms with van der Waals surface area (Å²) < 4.78 is 5.87. The number of fused-ring (bicyclic) bond motifs is 5. The van der Waals surface area contributed by atoms with Crippen molar-refractivity contribution in [3.05, 3.63) is 23.3 Å². The molecular formula is C32H52O2. The first-order chi connectivity index (χ1) is 15.8. The lowest BCUT2D eigenvalue weighted by Crippen LogP contribution is -2.58. The standard InChI is InChI=1S/C32H52O2/c1-21(2)11-10-12-22(3)24-15-19-32(9)26-13-14-27-29(5,6)28(34-23(4)33)17-18-30(27,7)25(26)16-20-31(24,32)8/h11,13,22,24-25,27-28H,10,12,14-20H2,1-9H3/t22-,24+,25+,27+,28+,30-,31-,32+/m1/s1. The maximum Gasteiger partial charge on any atom is 0.302 e. The second-order valence-corrected chi connectivity index (χ2v) is 14.2. The van der Waals surface area contributed by atoms with Crippen LogP contribution in [0.2, 0.25) is 0 Å². The van der Waals surface area contributed by atoms with Gasteiger partial charge in [0, 0.05) is 12.3 Å². The molecule has 0 radical (unpaired) electrons. The Bertz CT molecular complexity index is 860. The zero-order valence-corrected chi connectivity index (χ0v) is 23.7. The minimum Gasteiger partial charge on any atom is -0.462 e. The molecule has 8 atom stereocenters. The van der Waals surface area contributed by atoms with Crippen LogP contribution in [0.5, 0.6) is 0 Å². The number of esters is 1. The van der Waals surface area contributed by atoms with Crippen LogP contribution in [0.15, 0.2) is 23.3 Å². The molecule has 2 nitrogen and oxygen atoms in total. The van der Waals surface area contributed by atoms with Crippen LogP contribution in [0.1, 0.15) is 120 Å². The molecule has 0 aliphatic heterocycles. The number of carbonyl (C=O) groups excluding carboxylic acids is 1. The summed E-state index contributed by atoms with van der Waals surface area (Å²) in [6.07, 6.45) is 16.6. The lowest BCUT2D eigenvalue weighted by atomic mass is 9.41. The molecule has 0 aromatic rings. The van der Waals surface area contributed by atoms with Crippen LogP contribution in [0.4, 0.5) is 0 Å². The van der Waals surface area contributed by atoms with E-state index >= 15 is 0 Å². The molecule has 0 N–H and O–H groups in total. The molecule has 4 aliphatic carbocycles. The Balaban J connectivity index is 1.61. The first-order valence-electron chi connectivity index (χ1n) is 14.3. The first kappa shape index (κ1) is 26.0. The van der Waals surface area contributed by atoms with Crippen LogP contribution in [-0.4, -0.2) is 12.1 Å². The summed E-state index contributed by atoms with van der Waals surface area (Å²) in [6, 6.07) is 0. The van der Waals surface area contributed by atoms with E-state index < -0.39 is 0 Å². The van der Waals surface area contributed by atoms with Crippen molar-refractivity contribution < 1.29 is 9.53 Å². The van der Waals surface area contributed by atoms with Crippen molar-refractivity contribution in [1.82, 2.24) is 0 Å². The van der Waals surface area contributed by atoms with Crippen LogP contribution in [-0.2, 0) is 9.53 Å². The van der Waals surface area contributed by atoms with Gasteiger partial charge >= 0.3 is 5.97 Å². The normalized spacial score (nSPS) is 43.6. The topological polar surface area (TPSA) is 26.3 Å². The highest BCUT2D eigenvalue weighted by Gasteiger charge is 2.65. The highest BCUT2D eigenvalue weighted by Crippen LogP contribution is 2.73. The predicted molar refractivity (Wildman–Crippen MR) is 142 cm³/mol. The van der Waals surface area contributed by atoms with E-state index in [1.807, 2.05) is 5.57 Å². The number of carbonyl (C=O) groups is 1. The predicted octanol–water partition coefficient (Wildman–Crippen LogP) is 8.91. The molecule has 0 aromatic carbocycles. The van der Waals surface area contributed by atoms with E-state index in [0.29, 0.717) is 28.1 Å². The fourth-order valence-electron chi connectivity index (χ4n) is 9.89. The Morgan fingerprint density at radius 3 is 2.41 bits per heavy atom. The molecule has 0 amide bonds. The fourth-order valence-corrected chi connectivity index (χ4v) is 9.89. The highest BCUT2D eigenvalue weighted by atomic mass is 16.5. The van der Waals surface area contributed by atoms with Gasteiger partial charge in [0.1, 0.15) is 6.10 Å². The van der Waals surface area contributed by atoms with E-state index in [9.17, 15) is 4.79 Å². The van der Waals surface area contributed by atoms with Gasteiger partial charge in [-0.05, 0) is 112 Å². The van der Waals surface area contributed by atoms with Crippen molar-refractivity contribution in [1.29, 1.82) is 0 Å². The monoisotopic (exact) mass is 468 g/mol. The molecular weight excluding hydrogens is 416 g/mol. The molecule has 0 bridgehead atoms. The lowest BCUT2D eigenvalue weighted by Gasteiger charge is -2.64. The molecule has 0 heterocycles. The lowest BCUT2D eigenvalue weighted by molar-refractivity contribution is -0.174. The van der Waals surface area contributed by atoms with E-state index in [2.05, 4.69) is 67.5 Å². The third kappa shape index (κ3) is 3.85. The Hall–Kier alpha value is -1.05. The summed E-state index contributed by atoms with van der Waals surface area (Å²) in [6.45, 7) is 21.2. The summed E-state index contributed by atoms with van der Waals surface area (Å²) >= 11 is 0. The van der Waals surface area contributed by atoms with Gasteiger partial charge in [-0.3, -0.25) is 4.79 Å². The van der Waals surface area contributed by atoms with Gasteiger partial charge in [-0.1, -0.05) is 64.8 Å². The van der Waals surface area contributed by atoms with Crippen LogP contribution in [0, 0.1) is 45.3 Å². The third-order valence-electron chi connectivity index (χ3n) is 12.0. The van der Waals surface area contributed by atoms with Gasteiger partial charge in [-0.15, -0.1) is 0 Å². The van der Waals surface area contributed by atoms with Gasteiger partial charge < -0.3 is 4.74 Å². The van der Waals surface area contributed by atoms with E-state index in [1.54, 1.807) is 6.92 Å². The molecule has 0 aromatic heterocycles. The van der Waals surface area contributed by atoms with Gasteiger partial charge in [0.05, 0.1) is 0 Å². The summed E-state index contributed by atoms with van der Waals surface area (Å²) in [7, 11) is 0. The molecule has 0 spiro atoms. The van der Waals surface area contributed by atoms with Crippen molar-refractivity contribution in [3.8, 4) is 0 Å². The van der Waals surface area contributed by atoms with Crippen molar-refractivity contribution in [3.63, 3.8) is 0 Å². The first-order valence-corrected chi connectivity index (χ1v) is 14.3. The maximum atomic E-state index is 11.8. The average Bonchev–Trinajstić information content (AvgIpc) is 3.01. The van der Waals surface area contributed by atoms with E-state index in [0.717, 1.165) is 24.7 Å². The van der Waals surface area contributed by atoms with Gasteiger partial charge in [0.25, 0.3) is 0 Å². The van der Waals surface area contributed by atoms with Gasteiger partial charge in [-0.2, -0.15) is 0 Å². The molecule has 34 heavy (non-hydrogen) atoms. The highest BCUT2D eigenvalue weighted by molar-refractivity contribution is 5.66. The minimum absolute atomic E-state index is 0.0278. The van der Waals surface area contributed by atoms with Gasteiger partial charge in [-0.25, -0.2) is 0 Å². The van der Waals surface area contributed by atoms with E-state index in [-0.39, 0.29) is 17.5 Å². The van der Waals surface area contributed by atoms with Crippen molar-refractivity contribution >= 4 is 5.97 Å². The molecule has 0 unspecified atom stereocenters. The van der Waals surface area contributed by atoms with Crippen LogP contribution >= 0.6 is 0 Å². The number of hydrogen-bond acceptors (Lipinski definition) is 2. The average molecular weight is 469 g/mol. The summed E-state index contributed by atoms with van der Waals surface area (Å²) in [5, 5.41) is 0. The van der Waals surface area contributed by atoms with Crippen LogP contribution in [0.25, 0.3) is 0 Å². The van der Waals surface area contributed by atoms with Crippen molar-refractivity contribution in [2.75, 3.05) is 0 Å².